The van der Waals surface area contributed by atoms with Crippen LogP contribution in [0.1, 0.15) is 31.2 Å². The number of aromatic nitrogens is 2. The normalized spacial score (nSPS) is 12.2. The van der Waals surface area contributed by atoms with Gasteiger partial charge in [-0.3, -0.25) is 0 Å². The number of hydrogen-bond donors (Lipinski definition) is 1. The molecule has 1 heterocycles. The van der Waals surface area contributed by atoms with E-state index in [1.807, 2.05) is 38.1 Å². The molecule has 0 bridgehead atoms. The van der Waals surface area contributed by atoms with Gasteiger partial charge >= 0.3 is 0 Å². The maximum absolute atomic E-state index is 9.58. The van der Waals surface area contributed by atoms with Gasteiger partial charge in [0.1, 0.15) is 5.75 Å². The van der Waals surface area contributed by atoms with Crippen molar-refractivity contribution in [2.24, 2.45) is 0 Å². The number of aliphatic hydroxyl groups excluding tert-OH is 1. The van der Waals surface area contributed by atoms with Gasteiger partial charge in [-0.15, -0.1) is 0 Å². The Labute approximate surface area is 113 Å². The lowest BCUT2D eigenvalue weighted by Crippen LogP contribution is -2.01. The quantitative estimate of drug-likeness (QED) is 0.916. The molecule has 1 atom stereocenters. The molecule has 0 aliphatic carbocycles. The number of aliphatic hydroxyl groups is 1. The highest BCUT2D eigenvalue weighted by Gasteiger charge is 2.09. The zero-order chi connectivity index (χ0) is 13.8. The first-order chi connectivity index (χ1) is 9.11. The molecule has 0 unspecified atom stereocenters. The van der Waals surface area contributed by atoms with Gasteiger partial charge in [-0.2, -0.15) is 0 Å². The highest BCUT2D eigenvalue weighted by molar-refractivity contribution is 5.57. The van der Waals surface area contributed by atoms with E-state index in [0.717, 1.165) is 22.6 Å². The van der Waals surface area contributed by atoms with Crippen LogP contribution in [0.3, 0.4) is 0 Å². The van der Waals surface area contributed by atoms with Crippen LogP contribution in [0, 0.1) is 6.92 Å². The number of aryl methyl sites for hydroxylation is 1. The number of ether oxygens (including phenoxy) is 1. The maximum atomic E-state index is 9.58. The average molecular weight is 258 g/mol. The van der Waals surface area contributed by atoms with Crippen LogP contribution in [-0.4, -0.2) is 21.7 Å². The molecule has 4 heteroatoms. The first kappa shape index (κ1) is 13.5. The van der Waals surface area contributed by atoms with Gasteiger partial charge < -0.3 is 9.84 Å². The van der Waals surface area contributed by atoms with E-state index >= 15 is 0 Å². The molecule has 0 spiro atoms. The smallest absolute Gasteiger partial charge is 0.159 e. The van der Waals surface area contributed by atoms with Crippen LogP contribution in [0.25, 0.3) is 11.4 Å². The fraction of sp³-hybridized carbons (Fsp3) is 0.333. The second-order valence-corrected chi connectivity index (χ2v) is 4.37. The van der Waals surface area contributed by atoms with Gasteiger partial charge in [0.05, 0.1) is 12.7 Å². The van der Waals surface area contributed by atoms with E-state index in [-0.39, 0.29) is 0 Å². The summed E-state index contributed by atoms with van der Waals surface area (Å²) in [5, 5.41) is 9.58. The van der Waals surface area contributed by atoms with Gasteiger partial charge in [-0.05, 0) is 32.9 Å². The van der Waals surface area contributed by atoms with E-state index < -0.39 is 6.10 Å². The molecule has 0 amide bonds. The molecule has 4 nitrogen and oxygen atoms in total. The molecule has 0 radical (unpaired) electrons. The van der Waals surface area contributed by atoms with Crippen LogP contribution in [0.2, 0.25) is 0 Å². The standard InChI is InChI=1S/C15H18N2O2/c1-4-19-13-7-5-6-12(8-13)15-16-9-14(11(3)18)10(2)17-15/h5-9,11,18H,4H2,1-3H3/t11-/m0/s1. The summed E-state index contributed by atoms with van der Waals surface area (Å²) in [4.78, 5) is 8.74. The van der Waals surface area contributed by atoms with E-state index in [0.29, 0.717) is 12.4 Å². The van der Waals surface area contributed by atoms with Crippen molar-refractivity contribution in [1.29, 1.82) is 0 Å². The minimum absolute atomic E-state index is 0.552. The molecule has 2 rings (SSSR count). The molecule has 0 saturated heterocycles. The van der Waals surface area contributed by atoms with E-state index in [1.54, 1.807) is 13.1 Å². The lowest BCUT2D eigenvalue weighted by Gasteiger charge is -2.10. The second-order valence-electron chi connectivity index (χ2n) is 4.37. The van der Waals surface area contributed by atoms with E-state index in [9.17, 15) is 5.11 Å². The Kier molecular flexibility index (Phi) is 4.12. The molecular weight excluding hydrogens is 240 g/mol. The summed E-state index contributed by atoms with van der Waals surface area (Å²) < 4.78 is 5.46. The molecule has 100 valence electrons. The van der Waals surface area contributed by atoms with Gasteiger partial charge in [0.15, 0.2) is 5.82 Å². The summed E-state index contributed by atoms with van der Waals surface area (Å²) in [6, 6.07) is 7.69. The van der Waals surface area contributed by atoms with Crippen LogP contribution < -0.4 is 4.74 Å². The van der Waals surface area contributed by atoms with Crippen LogP contribution in [-0.2, 0) is 0 Å². The second kappa shape index (κ2) is 5.80. The van der Waals surface area contributed by atoms with Crippen molar-refractivity contribution in [2.75, 3.05) is 6.61 Å². The average Bonchev–Trinajstić information content (AvgIpc) is 2.39. The lowest BCUT2D eigenvalue weighted by molar-refractivity contribution is 0.197. The monoisotopic (exact) mass is 258 g/mol. The van der Waals surface area contributed by atoms with Gasteiger partial charge in [0, 0.05) is 23.0 Å². The van der Waals surface area contributed by atoms with Crippen molar-refractivity contribution in [3.8, 4) is 17.1 Å². The largest absolute Gasteiger partial charge is 0.494 e. The molecule has 1 N–H and O–H groups in total. The van der Waals surface area contributed by atoms with Crippen LogP contribution in [0.15, 0.2) is 30.5 Å². The minimum atomic E-state index is -0.552. The Hall–Kier alpha value is -1.94. The zero-order valence-corrected chi connectivity index (χ0v) is 11.4. The fourth-order valence-corrected chi connectivity index (χ4v) is 1.92. The van der Waals surface area contributed by atoms with Gasteiger partial charge in [-0.25, -0.2) is 9.97 Å². The lowest BCUT2D eigenvalue weighted by atomic mass is 10.1. The van der Waals surface area contributed by atoms with Crippen molar-refractivity contribution < 1.29 is 9.84 Å². The molecule has 0 aliphatic heterocycles. The van der Waals surface area contributed by atoms with Crippen LogP contribution >= 0.6 is 0 Å². The summed E-state index contributed by atoms with van der Waals surface area (Å²) in [7, 11) is 0. The van der Waals surface area contributed by atoms with Crippen molar-refractivity contribution in [3.63, 3.8) is 0 Å². The molecular formula is C15H18N2O2. The summed E-state index contributed by atoms with van der Waals surface area (Å²) in [6.45, 7) is 6.16. The number of rotatable bonds is 4. The number of benzene rings is 1. The van der Waals surface area contributed by atoms with E-state index in [1.165, 1.54) is 0 Å². The predicted octanol–water partition coefficient (Wildman–Crippen LogP) is 2.90. The fourth-order valence-electron chi connectivity index (χ4n) is 1.92. The first-order valence-corrected chi connectivity index (χ1v) is 6.36. The number of nitrogens with zero attached hydrogens (tertiary/aromatic N) is 2. The molecule has 0 aliphatic rings. The Morgan fingerprint density at radius 2 is 2.16 bits per heavy atom. The molecule has 19 heavy (non-hydrogen) atoms. The van der Waals surface area contributed by atoms with Crippen molar-refractivity contribution in [1.82, 2.24) is 9.97 Å². The molecule has 1 aromatic carbocycles. The third kappa shape index (κ3) is 3.09. The minimum Gasteiger partial charge on any atom is -0.494 e. The zero-order valence-electron chi connectivity index (χ0n) is 11.4. The third-order valence-corrected chi connectivity index (χ3v) is 2.87. The predicted molar refractivity (Wildman–Crippen MR) is 74.0 cm³/mol. The molecule has 2 aromatic rings. The molecule has 0 saturated carbocycles. The van der Waals surface area contributed by atoms with Gasteiger partial charge in [0.25, 0.3) is 0 Å². The van der Waals surface area contributed by atoms with Crippen molar-refractivity contribution >= 4 is 0 Å². The van der Waals surface area contributed by atoms with Gasteiger partial charge in [0.2, 0.25) is 0 Å². The van der Waals surface area contributed by atoms with Crippen LogP contribution in [0.5, 0.6) is 5.75 Å². The highest BCUT2D eigenvalue weighted by Crippen LogP contribution is 2.23. The maximum Gasteiger partial charge on any atom is 0.159 e. The Balaban J connectivity index is 2.36. The molecule has 1 aromatic heterocycles. The van der Waals surface area contributed by atoms with E-state index in [4.69, 9.17) is 4.74 Å². The Bertz CT molecular complexity index is 568. The SMILES string of the molecule is CCOc1cccc(-c2ncc([C@H](C)O)c(C)n2)c1. The topological polar surface area (TPSA) is 55.2 Å². The van der Waals surface area contributed by atoms with Crippen molar-refractivity contribution in [2.45, 2.75) is 26.9 Å². The first-order valence-electron chi connectivity index (χ1n) is 6.36. The Morgan fingerprint density at radius 3 is 2.79 bits per heavy atom. The van der Waals surface area contributed by atoms with Gasteiger partial charge in [-0.1, -0.05) is 12.1 Å². The van der Waals surface area contributed by atoms with Crippen molar-refractivity contribution in [3.05, 3.63) is 41.7 Å². The highest BCUT2D eigenvalue weighted by atomic mass is 16.5. The van der Waals surface area contributed by atoms with E-state index in [2.05, 4.69) is 9.97 Å². The summed E-state index contributed by atoms with van der Waals surface area (Å²) in [5.74, 6) is 1.45. The summed E-state index contributed by atoms with van der Waals surface area (Å²) >= 11 is 0. The third-order valence-electron chi connectivity index (χ3n) is 2.87. The Morgan fingerprint density at radius 1 is 1.37 bits per heavy atom. The summed E-state index contributed by atoms with van der Waals surface area (Å²) in [6.07, 6.45) is 1.12. The molecule has 0 fully saturated rings. The number of hydrogen-bond acceptors (Lipinski definition) is 4. The summed E-state index contributed by atoms with van der Waals surface area (Å²) in [5.41, 5.74) is 2.46. The van der Waals surface area contributed by atoms with Crippen LogP contribution in [0.4, 0.5) is 0 Å².